The SMILES string of the molecule is Cc1ccc([N+](=O)[O-])cc1N1C(=O)[C@@H]2[C@@H](C1=O)[C@@H]1C=Cc3cc(Cl)ccc3N1[C@@H]2C(=O)c1ccc(Br)cc1. The molecule has 6 rings (SSSR count). The van der Waals surface area contributed by atoms with Gasteiger partial charge in [-0.25, -0.2) is 4.90 Å². The molecule has 0 aliphatic carbocycles. The quantitative estimate of drug-likeness (QED) is 0.169. The average molecular weight is 593 g/mol. The van der Waals surface area contributed by atoms with E-state index in [9.17, 15) is 24.5 Å². The molecule has 0 saturated carbocycles. The van der Waals surface area contributed by atoms with E-state index in [0.29, 0.717) is 21.8 Å². The van der Waals surface area contributed by atoms with E-state index in [1.54, 1.807) is 49.4 Å². The normalized spacial score (nSPS) is 23.3. The van der Waals surface area contributed by atoms with Gasteiger partial charge in [-0.05, 0) is 48.4 Å². The zero-order chi connectivity index (χ0) is 26.9. The highest BCUT2D eigenvalue weighted by Crippen LogP contribution is 2.50. The minimum atomic E-state index is -0.978. The molecule has 8 nitrogen and oxygen atoms in total. The molecule has 0 bridgehead atoms. The first-order chi connectivity index (χ1) is 18.2. The molecular formula is C28H19BrClN3O5. The van der Waals surface area contributed by atoms with E-state index in [-0.39, 0.29) is 17.2 Å². The first-order valence-corrected chi connectivity index (χ1v) is 13.0. The van der Waals surface area contributed by atoms with E-state index in [1.165, 1.54) is 18.2 Å². The van der Waals surface area contributed by atoms with Crippen LogP contribution >= 0.6 is 27.5 Å². The van der Waals surface area contributed by atoms with Crippen LogP contribution in [0.4, 0.5) is 17.1 Å². The maximum absolute atomic E-state index is 14.1. The third kappa shape index (κ3) is 3.60. The number of aryl methyl sites for hydroxylation is 1. The van der Waals surface area contributed by atoms with Crippen molar-refractivity contribution in [2.45, 2.75) is 19.0 Å². The molecule has 4 atom stereocenters. The molecule has 3 aromatic rings. The second kappa shape index (κ2) is 8.89. The largest absolute Gasteiger partial charge is 0.352 e. The number of non-ortho nitro benzene ring substituents is 1. The van der Waals surface area contributed by atoms with E-state index in [4.69, 9.17) is 11.6 Å². The molecular weight excluding hydrogens is 574 g/mol. The third-order valence-electron chi connectivity index (χ3n) is 7.51. The number of ketones is 1. The van der Waals surface area contributed by atoms with Gasteiger partial charge in [0.15, 0.2) is 5.78 Å². The minimum absolute atomic E-state index is 0.164. The Balaban J connectivity index is 1.50. The first-order valence-electron chi connectivity index (χ1n) is 11.9. The Morgan fingerprint density at radius 1 is 0.974 bits per heavy atom. The van der Waals surface area contributed by atoms with Crippen molar-refractivity contribution in [3.8, 4) is 0 Å². The van der Waals surface area contributed by atoms with Crippen LogP contribution in [0.1, 0.15) is 21.5 Å². The highest BCUT2D eigenvalue weighted by atomic mass is 79.9. The molecule has 2 amide bonds. The second-order valence-electron chi connectivity index (χ2n) is 9.57. The number of carbonyl (C=O) groups is 3. The first kappa shape index (κ1) is 24.5. The van der Waals surface area contributed by atoms with Crippen molar-refractivity contribution >= 4 is 68.3 Å². The Morgan fingerprint density at radius 3 is 2.39 bits per heavy atom. The van der Waals surface area contributed by atoms with Crippen molar-refractivity contribution in [2.24, 2.45) is 11.8 Å². The van der Waals surface area contributed by atoms with Gasteiger partial charge < -0.3 is 4.90 Å². The molecule has 3 aromatic carbocycles. The molecule has 2 saturated heterocycles. The number of benzene rings is 3. The average Bonchev–Trinajstić information content (AvgIpc) is 3.36. The summed E-state index contributed by atoms with van der Waals surface area (Å²) in [5, 5.41) is 12.0. The van der Waals surface area contributed by atoms with Gasteiger partial charge in [0.05, 0.1) is 28.5 Å². The fourth-order valence-corrected chi connectivity index (χ4v) is 6.26. The predicted octanol–water partition coefficient (Wildman–Crippen LogP) is 5.59. The van der Waals surface area contributed by atoms with Crippen LogP contribution in [0.5, 0.6) is 0 Å². The zero-order valence-corrected chi connectivity index (χ0v) is 22.2. The molecule has 38 heavy (non-hydrogen) atoms. The van der Waals surface area contributed by atoms with Crippen molar-refractivity contribution in [1.82, 2.24) is 0 Å². The molecule has 0 aromatic heterocycles. The van der Waals surface area contributed by atoms with Crippen molar-refractivity contribution in [1.29, 1.82) is 0 Å². The Kier molecular flexibility index (Phi) is 5.73. The van der Waals surface area contributed by atoms with Gasteiger partial charge in [-0.1, -0.05) is 57.9 Å². The van der Waals surface area contributed by atoms with E-state index in [0.717, 1.165) is 14.9 Å². The van der Waals surface area contributed by atoms with Gasteiger partial charge in [-0.2, -0.15) is 0 Å². The number of hydrogen-bond donors (Lipinski definition) is 0. The lowest BCUT2D eigenvalue weighted by Gasteiger charge is -2.36. The van der Waals surface area contributed by atoms with Gasteiger partial charge in [0.25, 0.3) is 5.69 Å². The minimum Gasteiger partial charge on any atom is -0.352 e. The number of nitro benzene ring substituents is 1. The number of nitro groups is 1. The number of nitrogens with zero attached hydrogens (tertiary/aromatic N) is 3. The summed E-state index contributed by atoms with van der Waals surface area (Å²) in [6.07, 6.45) is 3.69. The molecule has 190 valence electrons. The summed E-state index contributed by atoms with van der Waals surface area (Å²) in [4.78, 5) is 55.8. The number of rotatable bonds is 4. The molecule has 0 spiro atoms. The van der Waals surface area contributed by atoms with E-state index in [2.05, 4.69) is 15.9 Å². The Bertz CT molecular complexity index is 1590. The van der Waals surface area contributed by atoms with Crippen LogP contribution in [0, 0.1) is 28.9 Å². The number of Topliss-reactive ketones (excluding diaryl/α,β-unsaturated/α-hetero) is 1. The van der Waals surface area contributed by atoms with Crippen molar-refractivity contribution < 1.29 is 19.3 Å². The zero-order valence-electron chi connectivity index (χ0n) is 19.9. The maximum atomic E-state index is 14.1. The van der Waals surface area contributed by atoms with Gasteiger partial charge in [0.2, 0.25) is 11.8 Å². The summed E-state index contributed by atoms with van der Waals surface area (Å²) in [5.74, 6) is -3.13. The third-order valence-corrected chi connectivity index (χ3v) is 8.27. The highest BCUT2D eigenvalue weighted by molar-refractivity contribution is 9.10. The van der Waals surface area contributed by atoms with Crippen LogP contribution in [0.15, 0.2) is 71.2 Å². The fourth-order valence-electron chi connectivity index (χ4n) is 5.82. The van der Waals surface area contributed by atoms with Crippen LogP contribution in [-0.4, -0.2) is 34.6 Å². The lowest BCUT2D eigenvalue weighted by molar-refractivity contribution is -0.384. The number of halogens is 2. The molecule has 3 aliphatic rings. The molecule has 3 heterocycles. The van der Waals surface area contributed by atoms with E-state index >= 15 is 0 Å². The summed E-state index contributed by atoms with van der Waals surface area (Å²) in [6.45, 7) is 1.69. The van der Waals surface area contributed by atoms with Crippen molar-refractivity contribution in [2.75, 3.05) is 9.80 Å². The fraction of sp³-hybridized carbons (Fsp3) is 0.179. The van der Waals surface area contributed by atoms with Crippen molar-refractivity contribution in [3.63, 3.8) is 0 Å². The number of carbonyl (C=O) groups excluding carboxylic acids is 3. The lowest BCUT2D eigenvalue weighted by Crippen LogP contribution is -2.49. The molecule has 0 radical (unpaired) electrons. The van der Waals surface area contributed by atoms with Crippen LogP contribution < -0.4 is 9.80 Å². The Labute approximate surface area is 230 Å². The topological polar surface area (TPSA) is 101 Å². The van der Waals surface area contributed by atoms with Crippen LogP contribution in [0.2, 0.25) is 5.02 Å². The van der Waals surface area contributed by atoms with Gasteiger partial charge in [0.1, 0.15) is 6.04 Å². The molecule has 0 N–H and O–H groups in total. The highest BCUT2D eigenvalue weighted by Gasteiger charge is 2.64. The van der Waals surface area contributed by atoms with E-state index in [1.807, 2.05) is 17.1 Å². The second-order valence-corrected chi connectivity index (χ2v) is 10.9. The number of imide groups is 1. The van der Waals surface area contributed by atoms with Gasteiger partial charge >= 0.3 is 0 Å². The van der Waals surface area contributed by atoms with Gasteiger partial charge in [-0.15, -0.1) is 0 Å². The molecule has 0 unspecified atom stereocenters. The van der Waals surface area contributed by atoms with Gasteiger partial charge in [0, 0.05) is 32.9 Å². The van der Waals surface area contributed by atoms with E-state index < -0.39 is 40.7 Å². The Hall–Kier alpha value is -3.82. The summed E-state index contributed by atoms with van der Waals surface area (Å²) >= 11 is 9.61. The standard InChI is InChI=1S/C28H19BrClN3O5/c1-14-2-9-19(33(37)38)13-22(14)32-27(35)23-21-10-5-16-12-18(30)8-11-20(16)31(21)25(24(23)28(32)36)26(34)15-3-6-17(29)7-4-15/h2-13,21,23-25H,1H3/t21-,23-,24+,25-/m0/s1. The number of fused-ring (bicyclic) bond motifs is 5. The van der Waals surface area contributed by atoms with Crippen molar-refractivity contribution in [3.05, 3.63) is 103 Å². The van der Waals surface area contributed by atoms with Crippen LogP contribution in [0.25, 0.3) is 6.08 Å². The maximum Gasteiger partial charge on any atom is 0.271 e. The summed E-state index contributed by atoms with van der Waals surface area (Å²) in [6, 6.07) is 14.7. The monoisotopic (exact) mass is 591 g/mol. The van der Waals surface area contributed by atoms with Crippen LogP contribution in [0.3, 0.4) is 0 Å². The van der Waals surface area contributed by atoms with Crippen LogP contribution in [-0.2, 0) is 9.59 Å². The molecule has 3 aliphatic heterocycles. The molecule has 2 fully saturated rings. The Morgan fingerprint density at radius 2 is 1.68 bits per heavy atom. The predicted molar refractivity (Wildman–Crippen MR) is 146 cm³/mol. The smallest absolute Gasteiger partial charge is 0.271 e. The lowest BCUT2D eigenvalue weighted by atomic mass is 9.86. The number of anilines is 2. The number of hydrogen-bond acceptors (Lipinski definition) is 6. The van der Waals surface area contributed by atoms with Gasteiger partial charge in [-0.3, -0.25) is 24.5 Å². The summed E-state index contributed by atoms with van der Waals surface area (Å²) < 4.78 is 0.802. The number of amides is 2. The summed E-state index contributed by atoms with van der Waals surface area (Å²) in [5.41, 5.74) is 2.39. The molecule has 10 heteroatoms. The summed E-state index contributed by atoms with van der Waals surface area (Å²) in [7, 11) is 0.